The van der Waals surface area contributed by atoms with Gasteiger partial charge in [-0.05, 0) is 6.42 Å². The van der Waals surface area contributed by atoms with Crippen molar-refractivity contribution in [3.8, 4) is 0 Å². The Labute approximate surface area is 61.1 Å². The first kappa shape index (κ1) is 9.14. The Kier molecular flexibility index (Phi) is 3.69. The van der Waals surface area contributed by atoms with Gasteiger partial charge in [-0.1, -0.05) is 13.8 Å². The van der Waals surface area contributed by atoms with Crippen molar-refractivity contribution >= 4 is 11.6 Å². The zero-order valence-corrected chi connectivity index (χ0v) is 6.48. The molecule has 0 aliphatic heterocycles. The van der Waals surface area contributed by atoms with Crippen LogP contribution >= 0.6 is 0 Å². The van der Waals surface area contributed by atoms with Crippen LogP contribution in [0.15, 0.2) is 0 Å². The minimum atomic E-state index is -0.343. The summed E-state index contributed by atoms with van der Waals surface area (Å²) in [7, 11) is 0. The summed E-state index contributed by atoms with van der Waals surface area (Å²) in [5, 5.41) is 7.04. The van der Waals surface area contributed by atoms with Crippen LogP contribution in [0.25, 0.3) is 0 Å². The number of nitrogens with two attached hydrogens (primary N) is 1. The molecule has 0 aromatic heterocycles. The molecule has 0 heterocycles. The first-order valence-electron chi connectivity index (χ1n) is 3.50. The number of carbonyl (C=O) groups excluding carboxylic acids is 1. The van der Waals surface area contributed by atoms with Crippen molar-refractivity contribution < 1.29 is 4.79 Å². The summed E-state index contributed by atoms with van der Waals surface area (Å²) in [5.41, 5.74) is 5.19. The Morgan fingerprint density at radius 3 is 2.20 bits per heavy atom. The van der Waals surface area contributed by atoms with E-state index in [1.54, 1.807) is 6.92 Å². The Hall–Kier alpha value is -0.860. The number of rotatable bonds is 4. The lowest BCUT2D eigenvalue weighted by molar-refractivity contribution is -0.120. The van der Waals surface area contributed by atoms with E-state index in [0.717, 1.165) is 0 Å². The van der Waals surface area contributed by atoms with Crippen LogP contribution in [0.1, 0.15) is 26.7 Å². The number of carbonyl (C=O) groups is 1. The highest BCUT2D eigenvalue weighted by Crippen LogP contribution is 2.05. The average Bonchev–Trinajstić information content (AvgIpc) is 1.88. The molecule has 1 unspecified atom stereocenters. The predicted octanol–water partition coefficient (Wildman–Crippen LogP) is 0.928. The summed E-state index contributed by atoms with van der Waals surface area (Å²) in [5.74, 6) is -0.283. The van der Waals surface area contributed by atoms with Crippen molar-refractivity contribution in [1.29, 1.82) is 5.41 Å². The predicted molar refractivity (Wildman–Crippen MR) is 41.0 cm³/mol. The summed E-state index contributed by atoms with van der Waals surface area (Å²) in [6.07, 6.45) is 1.11. The summed E-state index contributed by atoms with van der Waals surface area (Å²) < 4.78 is 0. The van der Waals surface area contributed by atoms with Crippen molar-refractivity contribution in [3.05, 3.63) is 0 Å². The van der Waals surface area contributed by atoms with Crippen molar-refractivity contribution in [2.24, 2.45) is 11.7 Å². The van der Waals surface area contributed by atoms with E-state index >= 15 is 0 Å². The molecule has 0 aromatic rings. The highest BCUT2D eigenvalue weighted by molar-refractivity contribution is 6.01. The van der Waals surface area contributed by atoms with Gasteiger partial charge in [0.1, 0.15) is 11.6 Å². The molecule has 0 aliphatic rings. The molecule has 0 amide bonds. The third-order valence-corrected chi connectivity index (χ3v) is 1.52. The number of Topliss-reactive ketones (excluding diaryl/α,β-unsaturated/α-hetero) is 1. The molecule has 0 bridgehead atoms. The van der Waals surface area contributed by atoms with Gasteiger partial charge in [0.2, 0.25) is 0 Å². The van der Waals surface area contributed by atoms with Crippen LogP contribution in [0.3, 0.4) is 0 Å². The maximum absolute atomic E-state index is 11.0. The van der Waals surface area contributed by atoms with Crippen LogP contribution in [0.2, 0.25) is 0 Å². The molecule has 0 radical (unpaired) electrons. The Morgan fingerprint density at radius 2 is 2.10 bits per heavy atom. The summed E-state index contributed by atoms with van der Waals surface area (Å²) >= 11 is 0. The molecule has 1 atom stereocenters. The number of ketones is 1. The number of hydrogen-bond acceptors (Lipinski definition) is 2. The minimum absolute atomic E-state index is 0.00523. The van der Waals surface area contributed by atoms with Gasteiger partial charge < -0.3 is 5.73 Å². The Morgan fingerprint density at radius 1 is 1.60 bits per heavy atom. The zero-order chi connectivity index (χ0) is 8.15. The van der Waals surface area contributed by atoms with Crippen LogP contribution in [0, 0.1) is 11.3 Å². The van der Waals surface area contributed by atoms with Gasteiger partial charge in [-0.3, -0.25) is 10.2 Å². The molecule has 58 valence electrons. The minimum Gasteiger partial charge on any atom is -0.387 e. The molecule has 3 heteroatoms. The van der Waals surface area contributed by atoms with Gasteiger partial charge >= 0.3 is 0 Å². The third-order valence-electron chi connectivity index (χ3n) is 1.52. The standard InChI is InChI=1S/C7H14N2O/c1-3-5(7(8)9)6(10)4-2/h5H,3-4H2,1-2H3,(H3,8,9). The van der Waals surface area contributed by atoms with Crippen LogP contribution in [-0.2, 0) is 4.79 Å². The Balaban J connectivity index is 4.06. The van der Waals surface area contributed by atoms with E-state index in [0.29, 0.717) is 12.8 Å². The quantitative estimate of drug-likeness (QED) is 0.453. The van der Waals surface area contributed by atoms with Gasteiger partial charge in [0.15, 0.2) is 0 Å². The monoisotopic (exact) mass is 142 g/mol. The van der Waals surface area contributed by atoms with Crippen molar-refractivity contribution in [3.63, 3.8) is 0 Å². The summed E-state index contributed by atoms with van der Waals surface area (Å²) in [6.45, 7) is 3.65. The van der Waals surface area contributed by atoms with E-state index in [4.69, 9.17) is 11.1 Å². The lowest BCUT2D eigenvalue weighted by Gasteiger charge is -2.08. The molecular weight excluding hydrogens is 128 g/mol. The number of amidine groups is 1. The molecule has 0 rings (SSSR count). The van der Waals surface area contributed by atoms with Gasteiger partial charge in [0, 0.05) is 6.42 Å². The van der Waals surface area contributed by atoms with E-state index in [-0.39, 0.29) is 17.5 Å². The van der Waals surface area contributed by atoms with Crippen LogP contribution in [0.5, 0.6) is 0 Å². The van der Waals surface area contributed by atoms with Crippen molar-refractivity contribution in [2.45, 2.75) is 26.7 Å². The topological polar surface area (TPSA) is 66.9 Å². The SMILES string of the molecule is CCC(=O)C(CC)C(=N)N. The molecule has 0 spiro atoms. The maximum Gasteiger partial charge on any atom is 0.143 e. The van der Waals surface area contributed by atoms with Crippen molar-refractivity contribution in [1.82, 2.24) is 0 Å². The largest absolute Gasteiger partial charge is 0.387 e. The van der Waals surface area contributed by atoms with Gasteiger partial charge in [-0.2, -0.15) is 0 Å². The second kappa shape index (κ2) is 4.04. The fraction of sp³-hybridized carbons (Fsp3) is 0.714. The lowest BCUT2D eigenvalue weighted by atomic mass is 9.98. The van der Waals surface area contributed by atoms with Gasteiger partial charge in [-0.15, -0.1) is 0 Å². The summed E-state index contributed by atoms with van der Waals surface area (Å²) in [4.78, 5) is 11.0. The molecule has 0 saturated heterocycles. The van der Waals surface area contributed by atoms with Crippen LogP contribution < -0.4 is 5.73 Å². The van der Waals surface area contributed by atoms with E-state index in [1.807, 2.05) is 6.92 Å². The second-order valence-electron chi connectivity index (χ2n) is 2.24. The van der Waals surface area contributed by atoms with E-state index in [2.05, 4.69) is 0 Å². The van der Waals surface area contributed by atoms with Crippen LogP contribution in [0.4, 0.5) is 0 Å². The van der Waals surface area contributed by atoms with Gasteiger partial charge in [0.05, 0.1) is 5.92 Å². The first-order valence-corrected chi connectivity index (χ1v) is 3.50. The lowest BCUT2D eigenvalue weighted by Crippen LogP contribution is -2.28. The highest BCUT2D eigenvalue weighted by atomic mass is 16.1. The zero-order valence-electron chi connectivity index (χ0n) is 6.48. The first-order chi connectivity index (χ1) is 4.63. The number of hydrogen-bond donors (Lipinski definition) is 2. The second-order valence-corrected chi connectivity index (χ2v) is 2.24. The van der Waals surface area contributed by atoms with Gasteiger partial charge in [-0.25, -0.2) is 0 Å². The molecule has 0 saturated carbocycles. The Bertz CT molecular complexity index is 143. The fourth-order valence-electron chi connectivity index (χ4n) is 0.867. The molecule has 3 nitrogen and oxygen atoms in total. The molecule has 0 aromatic carbocycles. The molecule has 10 heavy (non-hydrogen) atoms. The maximum atomic E-state index is 11.0. The molecule has 0 fully saturated rings. The fourth-order valence-corrected chi connectivity index (χ4v) is 0.867. The normalized spacial score (nSPS) is 12.6. The van der Waals surface area contributed by atoms with Crippen LogP contribution in [-0.4, -0.2) is 11.6 Å². The molecule has 3 N–H and O–H groups in total. The molecule has 0 aliphatic carbocycles. The third kappa shape index (κ3) is 2.17. The molecular formula is C7H14N2O. The highest BCUT2D eigenvalue weighted by Gasteiger charge is 2.16. The average molecular weight is 142 g/mol. The van der Waals surface area contributed by atoms with Gasteiger partial charge in [0.25, 0.3) is 0 Å². The van der Waals surface area contributed by atoms with E-state index in [9.17, 15) is 4.79 Å². The van der Waals surface area contributed by atoms with Crippen molar-refractivity contribution in [2.75, 3.05) is 0 Å². The summed E-state index contributed by atoms with van der Waals surface area (Å²) in [6, 6.07) is 0. The van der Waals surface area contributed by atoms with E-state index < -0.39 is 0 Å². The smallest absolute Gasteiger partial charge is 0.143 e. The van der Waals surface area contributed by atoms with E-state index in [1.165, 1.54) is 0 Å². The number of nitrogens with one attached hydrogen (secondary N) is 1.